The second-order valence-electron chi connectivity index (χ2n) is 5.48. The van der Waals surface area contributed by atoms with E-state index in [4.69, 9.17) is 0 Å². The van der Waals surface area contributed by atoms with E-state index < -0.39 is 0 Å². The number of hydrogen-bond donors (Lipinski definition) is 2. The SMILES string of the molecule is Cc1cccc(C)c1NC(=O)Cc1csc(Nc2ccccn2)n1. The summed E-state index contributed by atoms with van der Waals surface area (Å²) >= 11 is 1.46. The first-order valence-electron chi connectivity index (χ1n) is 7.60. The Labute approximate surface area is 144 Å². The van der Waals surface area contributed by atoms with Crippen LogP contribution in [0.3, 0.4) is 0 Å². The summed E-state index contributed by atoms with van der Waals surface area (Å²) in [7, 11) is 0. The highest BCUT2D eigenvalue weighted by Crippen LogP contribution is 2.22. The number of aromatic nitrogens is 2. The zero-order valence-electron chi connectivity index (χ0n) is 13.5. The van der Waals surface area contributed by atoms with Gasteiger partial charge in [-0.05, 0) is 37.1 Å². The van der Waals surface area contributed by atoms with Gasteiger partial charge in [0.25, 0.3) is 0 Å². The van der Waals surface area contributed by atoms with Crippen LogP contribution in [-0.2, 0) is 11.2 Å². The summed E-state index contributed by atoms with van der Waals surface area (Å²) in [5, 5.41) is 8.72. The number of hydrogen-bond acceptors (Lipinski definition) is 5. The molecule has 5 nitrogen and oxygen atoms in total. The van der Waals surface area contributed by atoms with E-state index in [0.717, 1.165) is 33.5 Å². The van der Waals surface area contributed by atoms with Crippen molar-refractivity contribution >= 4 is 33.9 Å². The second-order valence-corrected chi connectivity index (χ2v) is 6.33. The van der Waals surface area contributed by atoms with Crippen LogP contribution in [0.5, 0.6) is 0 Å². The molecule has 0 aliphatic rings. The molecule has 1 amide bonds. The molecule has 24 heavy (non-hydrogen) atoms. The third-order valence-electron chi connectivity index (χ3n) is 3.54. The van der Waals surface area contributed by atoms with Crippen molar-refractivity contribution in [1.82, 2.24) is 9.97 Å². The van der Waals surface area contributed by atoms with E-state index in [1.54, 1.807) is 6.20 Å². The van der Waals surface area contributed by atoms with Crippen LogP contribution in [0.15, 0.2) is 48.0 Å². The van der Waals surface area contributed by atoms with Crippen molar-refractivity contribution < 1.29 is 4.79 Å². The standard InChI is InChI=1S/C18H18N4OS/c1-12-6-5-7-13(2)17(12)22-16(23)10-14-11-24-18(20-14)21-15-8-3-4-9-19-15/h3-9,11H,10H2,1-2H3,(H,22,23)(H,19,20,21). The lowest BCUT2D eigenvalue weighted by Crippen LogP contribution is -2.16. The fourth-order valence-corrected chi connectivity index (χ4v) is 3.07. The number of anilines is 3. The molecule has 0 aliphatic carbocycles. The van der Waals surface area contributed by atoms with Gasteiger partial charge in [0.1, 0.15) is 5.82 Å². The number of rotatable bonds is 5. The highest BCUT2D eigenvalue weighted by atomic mass is 32.1. The normalized spacial score (nSPS) is 10.4. The molecule has 0 saturated carbocycles. The molecule has 0 fully saturated rings. The first kappa shape index (κ1) is 16.1. The van der Waals surface area contributed by atoms with Gasteiger partial charge in [0.05, 0.1) is 12.1 Å². The average molecular weight is 338 g/mol. The van der Waals surface area contributed by atoms with Crippen molar-refractivity contribution in [1.29, 1.82) is 0 Å². The van der Waals surface area contributed by atoms with Gasteiger partial charge >= 0.3 is 0 Å². The van der Waals surface area contributed by atoms with Crippen LogP contribution in [0.4, 0.5) is 16.6 Å². The van der Waals surface area contributed by atoms with Gasteiger partial charge < -0.3 is 10.6 Å². The highest BCUT2D eigenvalue weighted by molar-refractivity contribution is 7.13. The number of pyridine rings is 1. The molecule has 3 aromatic rings. The second kappa shape index (κ2) is 7.23. The molecule has 0 atom stereocenters. The third kappa shape index (κ3) is 3.97. The molecular formula is C18H18N4OS. The number of para-hydroxylation sites is 1. The molecule has 0 saturated heterocycles. The van der Waals surface area contributed by atoms with Crippen molar-refractivity contribution in [3.05, 3.63) is 64.8 Å². The molecule has 3 rings (SSSR count). The summed E-state index contributed by atoms with van der Waals surface area (Å²) in [5.41, 5.74) is 3.73. The fraction of sp³-hybridized carbons (Fsp3) is 0.167. The summed E-state index contributed by atoms with van der Waals surface area (Å²) < 4.78 is 0. The molecule has 1 aromatic carbocycles. The number of carbonyl (C=O) groups is 1. The topological polar surface area (TPSA) is 66.9 Å². The van der Waals surface area contributed by atoms with Crippen molar-refractivity contribution in [2.45, 2.75) is 20.3 Å². The lowest BCUT2D eigenvalue weighted by atomic mass is 10.1. The minimum Gasteiger partial charge on any atom is -0.325 e. The zero-order valence-corrected chi connectivity index (χ0v) is 14.4. The van der Waals surface area contributed by atoms with Crippen molar-refractivity contribution in [2.24, 2.45) is 0 Å². The third-order valence-corrected chi connectivity index (χ3v) is 4.35. The Hall–Kier alpha value is -2.73. The molecular weight excluding hydrogens is 320 g/mol. The molecule has 2 aromatic heterocycles. The van der Waals surface area contributed by atoms with Gasteiger partial charge in [0, 0.05) is 17.3 Å². The van der Waals surface area contributed by atoms with Crippen LogP contribution in [0.25, 0.3) is 0 Å². The Morgan fingerprint density at radius 2 is 1.92 bits per heavy atom. The lowest BCUT2D eigenvalue weighted by molar-refractivity contribution is -0.115. The zero-order chi connectivity index (χ0) is 16.9. The van der Waals surface area contributed by atoms with Gasteiger partial charge in [0.2, 0.25) is 5.91 Å². The Morgan fingerprint density at radius 3 is 2.62 bits per heavy atom. The summed E-state index contributed by atoms with van der Waals surface area (Å²) in [6.45, 7) is 3.97. The van der Waals surface area contributed by atoms with Crippen LogP contribution in [0, 0.1) is 13.8 Å². The Morgan fingerprint density at radius 1 is 1.12 bits per heavy atom. The molecule has 2 heterocycles. The lowest BCUT2D eigenvalue weighted by Gasteiger charge is -2.10. The maximum Gasteiger partial charge on any atom is 0.230 e. The summed E-state index contributed by atoms with van der Waals surface area (Å²) in [6.07, 6.45) is 1.96. The molecule has 0 unspecified atom stereocenters. The van der Waals surface area contributed by atoms with Gasteiger partial charge in [-0.15, -0.1) is 11.3 Å². The molecule has 0 bridgehead atoms. The monoisotopic (exact) mass is 338 g/mol. The Bertz CT molecular complexity index is 825. The van der Waals surface area contributed by atoms with E-state index in [9.17, 15) is 4.79 Å². The maximum absolute atomic E-state index is 12.3. The number of nitrogens with zero attached hydrogens (tertiary/aromatic N) is 2. The minimum atomic E-state index is -0.0675. The van der Waals surface area contributed by atoms with Gasteiger partial charge in [-0.25, -0.2) is 9.97 Å². The number of thiazole rings is 1. The minimum absolute atomic E-state index is 0.0675. The number of carbonyl (C=O) groups excluding carboxylic acids is 1. The van der Waals surface area contributed by atoms with E-state index in [-0.39, 0.29) is 12.3 Å². The van der Waals surface area contributed by atoms with E-state index in [1.807, 2.05) is 55.6 Å². The van der Waals surface area contributed by atoms with E-state index in [0.29, 0.717) is 0 Å². The predicted molar refractivity (Wildman–Crippen MR) is 97.9 cm³/mol. The van der Waals surface area contributed by atoms with E-state index >= 15 is 0 Å². The predicted octanol–water partition coefficient (Wildman–Crippen LogP) is 4.08. The van der Waals surface area contributed by atoms with Gasteiger partial charge in [-0.1, -0.05) is 24.3 Å². The van der Waals surface area contributed by atoms with Crippen molar-refractivity contribution in [3.63, 3.8) is 0 Å². The quantitative estimate of drug-likeness (QED) is 0.735. The first-order valence-corrected chi connectivity index (χ1v) is 8.48. The van der Waals surface area contributed by atoms with Crippen molar-refractivity contribution in [3.8, 4) is 0 Å². The van der Waals surface area contributed by atoms with E-state index in [2.05, 4.69) is 20.6 Å². The number of amides is 1. The van der Waals surface area contributed by atoms with Crippen LogP contribution in [0.2, 0.25) is 0 Å². The smallest absolute Gasteiger partial charge is 0.230 e. The average Bonchev–Trinajstić information content (AvgIpc) is 2.99. The molecule has 0 aliphatic heterocycles. The van der Waals surface area contributed by atoms with E-state index in [1.165, 1.54) is 11.3 Å². The Balaban J connectivity index is 1.63. The fourth-order valence-electron chi connectivity index (χ4n) is 2.35. The summed E-state index contributed by atoms with van der Waals surface area (Å²) in [5.74, 6) is 0.667. The number of benzene rings is 1. The molecule has 0 spiro atoms. The largest absolute Gasteiger partial charge is 0.325 e. The Kier molecular flexibility index (Phi) is 4.86. The van der Waals surface area contributed by atoms with Gasteiger partial charge in [-0.3, -0.25) is 4.79 Å². The van der Waals surface area contributed by atoms with Crippen LogP contribution in [0.1, 0.15) is 16.8 Å². The molecule has 0 radical (unpaired) electrons. The van der Waals surface area contributed by atoms with Crippen LogP contribution < -0.4 is 10.6 Å². The summed E-state index contributed by atoms with van der Waals surface area (Å²) in [4.78, 5) is 20.9. The van der Waals surface area contributed by atoms with Gasteiger partial charge in [-0.2, -0.15) is 0 Å². The van der Waals surface area contributed by atoms with Crippen molar-refractivity contribution in [2.75, 3.05) is 10.6 Å². The molecule has 122 valence electrons. The van der Waals surface area contributed by atoms with Crippen LogP contribution in [-0.4, -0.2) is 15.9 Å². The first-order chi connectivity index (χ1) is 11.6. The molecule has 2 N–H and O–H groups in total. The molecule has 6 heteroatoms. The maximum atomic E-state index is 12.3. The number of nitrogens with one attached hydrogen (secondary N) is 2. The van der Waals surface area contributed by atoms with Gasteiger partial charge in [0.15, 0.2) is 5.13 Å². The summed E-state index contributed by atoms with van der Waals surface area (Å²) in [6, 6.07) is 11.6. The number of aryl methyl sites for hydroxylation is 2. The van der Waals surface area contributed by atoms with Crippen LogP contribution >= 0.6 is 11.3 Å². The highest BCUT2D eigenvalue weighted by Gasteiger charge is 2.11.